The van der Waals surface area contributed by atoms with E-state index in [0.29, 0.717) is 5.69 Å². The maximum Gasteiger partial charge on any atom is 0.416 e. The zero-order valence-electron chi connectivity index (χ0n) is 16.3. The molecular formula is C20H20F3N5O2. The quantitative estimate of drug-likeness (QED) is 0.604. The Morgan fingerprint density at radius 3 is 2.70 bits per heavy atom. The molecule has 0 saturated carbocycles. The number of nitrogens with zero attached hydrogens (tertiary/aromatic N) is 3. The number of benzene rings is 2. The summed E-state index contributed by atoms with van der Waals surface area (Å²) in [5.74, 6) is -0.513. The number of anilines is 2. The van der Waals surface area contributed by atoms with E-state index in [-0.39, 0.29) is 24.0 Å². The fourth-order valence-corrected chi connectivity index (χ4v) is 2.76. The molecule has 3 rings (SSSR count). The molecule has 158 valence electrons. The Bertz CT molecular complexity index is 1010. The van der Waals surface area contributed by atoms with Crippen LogP contribution in [0.25, 0.3) is 5.69 Å². The van der Waals surface area contributed by atoms with Gasteiger partial charge >= 0.3 is 6.18 Å². The molecule has 1 atom stereocenters. The van der Waals surface area contributed by atoms with Gasteiger partial charge in [-0.3, -0.25) is 4.79 Å². The van der Waals surface area contributed by atoms with Crippen molar-refractivity contribution in [3.8, 4) is 5.69 Å². The highest BCUT2D eigenvalue weighted by Gasteiger charge is 2.31. The van der Waals surface area contributed by atoms with E-state index in [1.165, 1.54) is 23.4 Å². The van der Waals surface area contributed by atoms with E-state index in [2.05, 4.69) is 20.7 Å². The summed E-state index contributed by atoms with van der Waals surface area (Å²) >= 11 is 0. The van der Waals surface area contributed by atoms with Gasteiger partial charge in [0, 0.05) is 12.8 Å². The molecule has 2 N–H and O–H groups in total. The van der Waals surface area contributed by atoms with E-state index in [1.54, 1.807) is 13.2 Å². The number of carbonyl (C=O) groups is 1. The first-order valence-corrected chi connectivity index (χ1v) is 9.00. The van der Waals surface area contributed by atoms with Crippen molar-refractivity contribution in [3.63, 3.8) is 0 Å². The van der Waals surface area contributed by atoms with Crippen LogP contribution in [0.1, 0.15) is 24.2 Å². The summed E-state index contributed by atoms with van der Waals surface area (Å²) < 4.78 is 45.9. The molecule has 0 bridgehead atoms. The number of aromatic nitrogens is 3. The number of rotatable bonds is 7. The molecule has 1 aromatic heterocycles. The van der Waals surface area contributed by atoms with Gasteiger partial charge in [-0.2, -0.15) is 18.3 Å². The second-order valence-electron chi connectivity index (χ2n) is 6.47. The van der Waals surface area contributed by atoms with Crippen LogP contribution >= 0.6 is 0 Å². The van der Waals surface area contributed by atoms with Crippen LogP contribution < -0.4 is 10.6 Å². The lowest BCUT2D eigenvalue weighted by Crippen LogP contribution is -2.23. The maximum absolute atomic E-state index is 13.1. The van der Waals surface area contributed by atoms with Crippen LogP contribution in [0, 0.1) is 0 Å². The highest BCUT2D eigenvalue weighted by molar-refractivity contribution is 5.95. The first kappa shape index (κ1) is 21.3. The van der Waals surface area contributed by atoms with E-state index < -0.39 is 17.6 Å². The summed E-state index contributed by atoms with van der Waals surface area (Å²) in [6.45, 7) is 1.75. The van der Waals surface area contributed by atoms with Gasteiger partial charge in [-0.25, -0.2) is 9.67 Å². The highest BCUT2D eigenvalue weighted by atomic mass is 19.4. The average Bonchev–Trinajstić information content (AvgIpc) is 3.26. The smallest absolute Gasteiger partial charge is 0.377 e. The normalized spacial score (nSPS) is 12.4. The summed E-state index contributed by atoms with van der Waals surface area (Å²) in [5.41, 5.74) is 0.978. The minimum Gasteiger partial charge on any atom is -0.377 e. The number of ether oxygens (including phenoxy) is 1. The number of hydrogen-bond donors (Lipinski definition) is 2. The van der Waals surface area contributed by atoms with Crippen LogP contribution in [0.4, 0.5) is 24.5 Å². The van der Waals surface area contributed by atoms with Crippen LogP contribution in [0.5, 0.6) is 0 Å². The molecule has 30 heavy (non-hydrogen) atoms. The Labute approximate surface area is 170 Å². The zero-order chi connectivity index (χ0) is 21.7. The van der Waals surface area contributed by atoms with Crippen LogP contribution in [-0.4, -0.2) is 34.3 Å². The van der Waals surface area contributed by atoms with Crippen LogP contribution in [0.3, 0.4) is 0 Å². The molecule has 10 heteroatoms. The molecule has 0 saturated heterocycles. The third-order valence-electron chi connectivity index (χ3n) is 4.43. The van der Waals surface area contributed by atoms with Gasteiger partial charge in [0.2, 0.25) is 5.91 Å². The molecule has 0 spiro atoms. The van der Waals surface area contributed by atoms with Crippen LogP contribution in [0.2, 0.25) is 0 Å². The lowest BCUT2D eigenvalue weighted by Gasteiger charge is -2.15. The number of carbonyl (C=O) groups excluding carboxylic acids is 1. The van der Waals surface area contributed by atoms with E-state index in [9.17, 15) is 18.0 Å². The third kappa shape index (κ3) is 5.15. The number of methoxy groups -OCH3 is 1. The second-order valence-corrected chi connectivity index (χ2v) is 6.47. The maximum atomic E-state index is 13.1. The van der Waals surface area contributed by atoms with E-state index in [0.717, 1.165) is 17.7 Å². The van der Waals surface area contributed by atoms with Crippen molar-refractivity contribution in [2.45, 2.75) is 19.2 Å². The lowest BCUT2D eigenvalue weighted by atomic mass is 10.1. The first-order chi connectivity index (χ1) is 14.3. The minimum atomic E-state index is -4.54. The minimum absolute atomic E-state index is 0.0242. The van der Waals surface area contributed by atoms with Crippen LogP contribution in [-0.2, 0) is 15.7 Å². The molecule has 3 aromatic rings. The lowest BCUT2D eigenvalue weighted by molar-refractivity contribution is -0.137. The Morgan fingerprint density at radius 1 is 1.23 bits per heavy atom. The van der Waals surface area contributed by atoms with E-state index in [4.69, 9.17) is 4.74 Å². The summed E-state index contributed by atoms with van der Waals surface area (Å²) in [6, 6.07) is 10.4. The van der Waals surface area contributed by atoms with Crippen molar-refractivity contribution in [1.82, 2.24) is 14.8 Å². The zero-order valence-corrected chi connectivity index (χ0v) is 16.3. The van der Waals surface area contributed by atoms with E-state index >= 15 is 0 Å². The number of alkyl halides is 3. The molecule has 7 nitrogen and oxygen atoms in total. The average molecular weight is 419 g/mol. The first-order valence-electron chi connectivity index (χ1n) is 9.00. The van der Waals surface area contributed by atoms with Gasteiger partial charge in [-0.05, 0) is 42.8 Å². The third-order valence-corrected chi connectivity index (χ3v) is 4.43. The van der Waals surface area contributed by atoms with Gasteiger partial charge in [0.25, 0.3) is 0 Å². The molecule has 0 aliphatic carbocycles. The van der Waals surface area contributed by atoms with Crippen molar-refractivity contribution in [3.05, 3.63) is 66.2 Å². The van der Waals surface area contributed by atoms with Crippen molar-refractivity contribution < 1.29 is 22.7 Å². The number of amides is 1. The van der Waals surface area contributed by atoms with Gasteiger partial charge in [0.15, 0.2) is 0 Å². The monoisotopic (exact) mass is 419 g/mol. The SMILES string of the molecule is COC(C)c1cccc(NCC(=O)Nc2cc(C(F)(F)F)ccc2-n2cncn2)c1. The van der Waals surface area contributed by atoms with Crippen molar-refractivity contribution in [2.24, 2.45) is 0 Å². The Kier molecular flexibility index (Phi) is 6.36. The van der Waals surface area contributed by atoms with Gasteiger partial charge in [-0.15, -0.1) is 0 Å². The van der Waals surface area contributed by atoms with Gasteiger partial charge < -0.3 is 15.4 Å². The van der Waals surface area contributed by atoms with Crippen LogP contribution in [0.15, 0.2) is 55.1 Å². The van der Waals surface area contributed by atoms with Crippen molar-refractivity contribution in [1.29, 1.82) is 0 Å². The summed E-state index contributed by atoms with van der Waals surface area (Å²) in [6.07, 6.45) is -2.08. The Hall–Kier alpha value is -3.40. The van der Waals surface area contributed by atoms with Gasteiger partial charge in [-0.1, -0.05) is 12.1 Å². The standard InChI is InChI=1S/C20H20F3N5O2/c1-13(30-2)14-4-3-5-16(8-14)25-10-19(29)27-17-9-15(20(21,22)23)6-7-18(17)28-12-24-11-26-28/h3-9,11-13,25H,10H2,1-2H3,(H,27,29). The summed E-state index contributed by atoms with van der Waals surface area (Å²) in [7, 11) is 1.60. The van der Waals surface area contributed by atoms with Gasteiger partial charge in [0.1, 0.15) is 12.7 Å². The molecule has 1 unspecified atom stereocenters. The molecule has 0 aliphatic heterocycles. The number of halogens is 3. The Morgan fingerprint density at radius 2 is 2.03 bits per heavy atom. The van der Waals surface area contributed by atoms with E-state index in [1.807, 2.05) is 25.1 Å². The largest absolute Gasteiger partial charge is 0.416 e. The molecular weight excluding hydrogens is 399 g/mol. The second kappa shape index (κ2) is 8.95. The number of hydrogen-bond acceptors (Lipinski definition) is 5. The number of nitrogens with one attached hydrogen (secondary N) is 2. The molecule has 1 amide bonds. The molecule has 1 heterocycles. The molecule has 0 aliphatic rings. The summed E-state index contributed by atoms with van der Waals surface area (Å²) in [4.78, 5) is 16.2. The topological polar surface area (TPSA) is 81.1 Å². The predicted octanol–water partition coefficient (Wildman–Crippen LogP) is 4.04. The highest BCUT2D eigenvalue weighted by Crippen LogP contribution is 2.33. The van der Waals surface area contributed by atoms with Crippen molar-refractivity contribution >= 4 is 17.3 Å². The van der Waals surface area contributed by atoms with Crippen molar-refractivity contribution in [2.75, 3.05) is 24.3 Å². The molecule has 2 aromatic carbocycles. The molecule has 0 fully saturated rings. The Balaban J connectivity index is 1.76. The predicted molar refractivity (Wildman–Crippen MR) is 105 cm³/mol. The fourth-order valence-electron chi connectivity index (χ4n) is 2.76. The molecule has 0 radical (unpaired) electrons. The summed E-state index contributed by atoms with van der Waals surface area (Å²) in [5, 5.41) is 9.39. The van der Waals surface area contributed by atoms with Gasteiger partial charge in [0.05, 0.1) is 29.6 Å². The fraction of sp³-hybridized carbons (Fsp3) is 0.250.